The number of carbonyl (C=O) groups excluding carboxylic acids is 2. The Balaban J connectivity index is 3.05. The van der Waals surface area contributed by atoms with Gasteiger partial charge in [0.15, 0.2) is 6.29 Å². The normalized spacial score (nSPS) is 10.7. The van der Waals surface area contributed by atoms with Gasteiger partial charge in [0, 0.05) is 30.0 Å². The monoisotopic (exact) mass is 234 g/mol. The lowest BCUT2D eigenvalue weighted by Gasteiger charge is -2.30. The first-order valence-electron chi connectivity index (χ1n) is 5.70. The Labute approximate surface area is 102 Å². The highest BCUT2D eigenvalue weighted by atomic mass is 16.2. The molecule has 0 atom stereocenters. The Hall–Kier alpha value is -1.71. The molecule has 1 amide bonds. The van der Waals surface area contributed by atoms with Crippen molar-refractivity contribution in [2.75, 3.05) is 0 Å². The lowest BCUT2D eigenvalue weighted by Crippen LogP contribution is -2.42. The Bertz CT molecular complexity index is 406. The molecule has 0 saturated heterocycles. The molecule has 0 aliphatic heterocycles. The fraction of sp³-hybridized carbons (Fsp3) is 0.462. The van der Waals surface area contributed by atoms with E-state index in [0.717, 1.165) is 0 Å². The standard InChI is InChI=1S/C13H18N2O2/c1-9(2)15(10(3)4)13(17)12-5-11(8-16)6-14-7-12/h5-10H,1-4H3. The molecule has 92 valence electrons. The largest absolute Gasteiger partial charge is 0.334 e. The molecule has 0 bridgehead atoms. The van der Waals surface area contributed by atoms with Crippen molar-refractivity contribution in [3.63, 3.8) is 0 Å². The summed E-state index contributed by atoms with van der Waals surface area (Å²) in [6.45, 7) is 7.87. The van der Waals surface area contributed by atoms with Gasteiger partial charge in [-0.2, -0.15) is 0 Å². The molecule has 4 nitrogen and oxygen atoms in total. The molecule has 1 rings (SSSR count). The molecule has 4 heteroatoms. The molecule has 0 unspecified atom stereocenters. The van der Waals surface area contributed by atoms with Crippen molar-refractivity contribution < 1.29 is 9.59 Å². The third kappa shape index (κ3) is 3.12. The molecule has 1 aromatic heterocycles. The van der Waals surface area contributed by atoms with Gasteiger partial charge in [-0.3, -0.25) is 14.6 Å². The van der Waals surface area contributed by atoms with E-state index in [1.807, 2.05) is 27.7 Å². The van der Waals surface area contributed by atoms with E-state index in [1.165, 1.54) is 12.4 Å². The summed E-state index contributed by atoms with van der Waals surface area (Å²) in [6.07, 6.45) is 3.63. The van der Waals surface area contributed by atoms with Gasteiger partial charge in [-0.25, -0.2) is 0 Å². The maximum atomic E-state index is 12.3. The van der Waals surface area contributed by atoms with Crippen molar-refractivity contribution in [3.05, 3.63) is 29.6 Å². The summed E-state index contributed by atoms with van der Waals surface area (Å²) in [7, 11) is 0. The number of pyridine rings is 1. The van der Waals surface area contributed by atoms with E-state index in [2.05, 4.69) is 4.98 Å². The summed E-state index contributed by atoms with van der Waals surface area (Å²) < 4.78 is 0. The van der Waals surface area contributed by atoms with Gasteiger partial charge in [0.2, 0.25) is 0 Å². The van der Waals surface area contributed by atoms with Crippen LogP contribution in [0.3, 0.4) is 0 Å². The third-order valence-electron chi connectivity index (χ3n) is 2.49. The molecule has 1 heterocycles. The van der Waals surface area contributed by atoms with E-state index in [9.17, 15) is 9.59 Å². The quantitative estimate of drug-likeness (QED) is 0.750. The Morgan fingerprint density at radius 3 is 2.29 bits per heavy atom. The van der Waals surface area contributed by atoms with Gasteiger partial charge in [-0.05, 0) is 33.8 Å². The predicted octanol–water partition coefficient (Wildman–Crippen LogP) is 2.15. The second-order valence-electron chi connectivity index (χ2n) is 4.52. The van der Waals surface area contributed by atoms with Gasteiger partial charge in [-0.1, -0.05) is 0 Å². The molecule has 0 N–H and O–H groups in total. The molecular formula is C13H18N2O2. The lowest BCUT2D eigenvalue weighted by atomic mass is 10.1. The van der Waals surface area contributed by atoms with Crippen LogP contribution in [-0.4, -0.2) is 34.2 Å². The van der Waals surface area contributed by atoms with Crippen molar-refractivity contribution in [1.82, 2.24) is 9.88 Å². The van der Waals surface area contributed by atoms with Crippen LogP contribution in [0.5, 0.6) is 0 Å². The van der Waals surface area contributed by atoms with Crippen molar-refractivity contribution in [3.8, 4) is 0 Å². The van der Waals surface area contributed by atoms with Crippen LogP contribution in [0.2, 0.25) is 0 Å². The molecule has 0 aliphatic rings. The highest BCUT2D eigenvalue weighted by Gasteiger charge is 2.21. The van der Waals surface area contributed by atoms with Crippen LogP contribution < -0.4 is 0 Å². The van der Waals surface area contributed by atoms with Gasteiger partial charge in [0.05, 0.1) is 5.56 Å². The fourth-order valence-corrected chi connectivity index (χ4v) is 1.85. The first kappa shape index (κ1) is 13.4. The van der Waals surface area contributed by atoms with Gasteiger partial charge < -0.3 is 4.90 Å². The van der Waals surface area contributed by atoms with Gasteiger partial charge in [0.1, 0.15) is 0 Å². The molecule has 0 aliphatic carbocycles. The molecule has 0 radical (unpaired) electrons. The topological polar surface area (TPSA) is 50.3 Å². The molecule has 0 spiro atoms. The summed E-state index contributed by atoms with van der Waals surface area (Å²) >= 11 is 0. The number of carbonyl (C=O) groups is 2. The molecule has 0 saturated carbocycles. The fourth-order valence-electron chi connectivity index (χ4n) is 1.85. The first-order chi connectivity index (χ1) is 7.97. The summed E-state index contributed by atoms with van der Waals surface area (Å²) in [5.74, 6) is -0.0915. The summed E-state index contributed by atoms with van der Waals surface area (Å²) in [5.41, 5.74) is 0.875. The third-order valence-corrected chi connectivity index (χ3v) is 2.49. The zero-order valence-electron chi connectivity index (χ0n) is 10.7. The van der Waals surface area contributed by atoms with Crippen molar-refractivity contribution in [2.24, 2.45) is 0 Å². The second-order valence-corrected chi connectivity index (χ2v) is 4.52. The Morgan fingerprint density at radius 2 is 1.82 bits per heavy atom. The van der Waals surface area contributed by atoms with Crippen LogP contribution in [0.25, 0.3) is 0 Å². The van der Waals surface area contributed by atoms with Crippen molar-refractivity contribution in [1.29, 1.82) is 0 Å². The van der Waals surface area contributed by atoms with E-state index in [4.69, 9.17) is 0 Å². The maximum absolute atomic E-state index is 12.3. The zero-order chi connectivity index (χ0) is 13.0. The number of amides is 1. The number of hydrogen-bond acceptors (Lipinski definition) is 3. The Kier molecular flexibility index (Phi) is 4.37. The van der Waals surface area contributed by atoms with Crippen LogP contribution in [0.1, 0.15) is 48.4 Å². The molecule has 1 aromatic rings. The van der Waals surface area contributed by atoms with Crippen molar-refractivity contribution >= 4 is 12.2 Å². The summed E-state index contributed by atoms with van der Waals surface area (Å²) in [5, 5.41) is 0. The number of aromatic nitrogens is 1. The van der Waals surface area contributed by atoms with E-state index in [1.54, 1.807) is 11.0 Å². The minimum atomic E-state index is -0.0915. The van der Waals surface area contributed by atoms with Gasteiger partial charge in [-0.15, -0.1) is 0 Å². The van der Waals surface area contributed by atoms with Crippen LogP contribution in [0, 0.1) is 0 Å². The SMILES string of the molecule is CC(C)N(C(=O)c1cncc(C=O)c1)C(C)C. The highest BCUT2D eigenvalue weighted by Crippen LogP contribution is 2.12. The van der Waals surface area contributed by atoms with Crippen molar-refractivity contribution in [2.45, 2.75) is 39.8 Å². The van der Waals surface area contributed by atoms with E-state index < -0.39 is 0 Å². The van der Waals surface area contributed by atoms with Gasteiger partial charge in [0.25, 0.3) is 5.91 Å². The molecular weight excluding hydrogens is 216 g/mol. The predicted molar refractivity (Wildman–Crippen MR) is 66.1 cm³/mol. The van der Waals surface area contributed by atoms with Crippen LogP contribution in [-0.2, 0) is 0 Å². The molecule has 0 fully saturated rings. The van der Waals surface area contributed by atoms with Gasteiger partial charge >= 0.3 is 0 Å². The van der Waals surface area contributed by atoms with E-state index in [0.29, 0.717) is 17.4 Å². The lowest BCUT2D eigenvalue weighted by molar-refractivity contribution is 0.0643. The van der Waals surface area contributed by atoms with Crippen LogP contribution in [0.15, 0.2) is 18.5 Å². The average Bonchev–Trinajstić information content (AvgIpc) is 2.28. The minimum absolute atomic E-state index is 0.0915. The molecule has 0 aromatic carbocycles. The zero-order valence-corrected chi connectivity index (χ0v) is 10.7. The number of rotatable bonds is 4. The number of nitrogens with zero attached hydrogens (tertiary/aromatic N) is 2. The number of aldehydes is 1. The smallest absolute Gasteiger partial charge is 0.255 e. The Morgan fingerprint density at radius 1 is 1.24 bits per heavy atom. The highest BCUT2D eigenvalue weighted by molar-refractivity contribution is 5.95. The van der Waals surface area contributed by atoms with Crippen LogP contribution >= 0.6 is 0 Å². The summed E-state index contributed by atoms with van der Waals surface area (Å²) in [4.78, 5) is 28.6. The first-order valence-corrected chi connectivity index (χ1v) is 5.70. The minimum Gasteiger partial charge on any atom is -0.334 e. The molecule has 17 heavy (non-hydrogen) atoms. The maximum Gasteiger partial charge on any atom is 0.255 e. The average molecular weight is 234 g/mol. The van der Waals surface area contributed by atoms with Crippen LogP contribution in [0.4, 0.5) is 0 Å². The van der Waals surface area contributed by atoms with E-state index >= 15 is 0 Å². The van der Waals surface area contributed by atoms with E-state index in [-0.39, 0.29) is 18.0 Å². The number of hydrogen-bond donors (Lipinski definition) is 0. The summed E-state index contributed by atoms with van der Waals surface area (Å²) in [6, 6.07) is 1.80. The second kappa shape index (κ2) is 5.57.